The van der Waals surface area contributed by atoms with Crippen molar-refractivity contribution in [3.8, 4) is 0 Å². The number of nitrogens with zero attached hydrogens (tertiary/aromatic N) is 2. The van der Waals surface area contributed by atoms with Gasteiger partial charge in [-0.05, 0) is 30.2 Å². The average Bonchev–Trinajstić information content (AvgIpc) is 2.61. The highest BCUT2D eigenvalue weighted by atomic mass is 16.5. The Hall–Kier alpha value is -2.40. The third-order valence-corrected chi connectivity index (χ3v) is 3.47. The van der Waals surface area contributed by atoms with Crippen LogP contribution in [-0.2, 0) is 24.3 Å². The van der Waals surface area contributed by atoms with Crippen LogP contribution in [0.15, 0.2) is 53.7 Å². The molecule has 0 amide bonds. The van der Waals surface area contributed by atoms with Crippen LogP contribution in [-0.4, -0.2) is 31.1 Å². The van der Waals surface area contributed by atoms with Crippen LogP contribution < -0.4 is 10.6 Å². The van der Waals surface area contributed by atoms with E-state index in [0.29, 0.717) is 13.2 Å². The van der Waals surface area contributed by atoms with Crippen molar-refractivity contribution in [3.05, 3.63) is 65.5 Å². The number of hydrogen-bond acceptors (Lipinski definition) is 3. The lowest BCUT2D eigenvalue weighted by molar-refractivity contribution is 0.185. The van der Waals surface area contributed by atoms with Gasteiger partial charge in [-0.3, -0.25) is 4.98 Å². The van der Waals surface area contributed by atoms with Crippen molar-refractivity contribution in [1.82, 2.24) is 15.6 Å². The maximum Gasteiger partial charge on any atom is 0.191 e. The molecule has 0 unspecified atom stereocenters. The number of hydrogen-bond donors (Lipinski definition) is 2. The quantitative estimate of drug-likeness (QED) is 0.578. The molecule has 0 spiro atoms. The average molecular weight is 326 g/mol. The summed E-state index contributed by atoms with van der Waals surface area (Å²) in [5.74, 6) is 0.825. The maximum absolute atomic E-state index is 5.18. The van der Waals surface area contributed by atoms with Gasteiger partial charge >= 0.3 is 0 Å². The number of rotatable bonds is 8. The van der Waals surface area contributed by atoms with Gasteiger partial charge in [0, 0.05) is 38.5 Å². The second-order valence-corrected chi connectivity index (χ2v) is 5.45. The van der Waals surface area contributed by atoms with E-state index in [4.69, 9.17) is 4.74 Å². The number of benzene rings is 1. The zero-order chi connectivity index (χ0) is 17.0. The fourth-order valence-corrected chi connectivity index (χ4v) is 2.35. The number of methoxy groups -OCH3 is 1. The molecule has 5 nitrogen and oxygen atoms in total. The van der Waals surface area contributed by atoms with E-state index in [-0.39, 0.29) is 0 Å². The molecule has 1 aromatic heterocycles. The molecule has 5 heteroatoms. The normalized spacial score (nSPS) is 11.3. The Kier molecular flexibility index (Phi) is 7.77. The van der Waals surface area contributed by atoms with Gasteiger partial charge in [-0.25, -0.2) is 4.99 Å². The molecule has 0 atom stereocenters. The topological polar surface area (TPSA) is 58.5 Å². The minimum Gasteiger partial charge on any atom is -0.380 e. The predicted molar refractivity (Wildman–Crippen MR) is 97.9 cm³/mol. The van der Waals surface area contributed by atoms with E-state index in [1.54, 1.807) is 7.11 Å². The van der Waals surface area contributed by atoms with Crippen molar-refractivity contribution < 1.29 is 4.74 Å². The Labute approximate surface area is 144 Å². The van der Waals surface area contributed by atoms with E-state index in [9.17, 15) is 0 Å². The number of aromatic nitrogens is 1. The van der Waals surface area contributed by atoms with Crippen LogP contribution in [0.2, 0.25) is 0 Å². The van der Waals surface area contributed by atoms with Crippen LogP contribution in [0.4, 0.5) is 0 Å². The number of ether oxygens (including phenoxy) is 1. The van der Waals surface area contributed by atoms with E-state index in [0.717, 1.165) is 31.2 Å². The molecule has 2 rings (SSSR count). The largest absolute Gasteiger partial charge is 0.380 e. The molecule has 1 heterocycles. The fourth-order valence-electron chi connectivity index (χ4n) is 2.35. The minimum absolute atomic E-state index is 0.625. The van der Waals surface area contributed by atoms with Gasteiger partial charge in [0.05, 0.1) is 13.2 Å². The Bertz CT molecular complexity index is 628. The fraction of sp³-hybridized carbons (Fsp3) is 0.368. The second kappa shape index (κ2) is 10.4. The zero-order valence-corrected chi connectivity index (χ0v) is 14.5. The third-order valence-electron chi connectivity index (χ3n) is 3.47. The van der Waals surface area contributed by atoms with E-state index >= 15 is 0 Å². The highest BCUT2D eigenvalue weighted by Gasteiger charge is 2.00. The van der Waals surface area contributed by atoms with Crippen molar-refractivity contribution in [2.45, 2.75) is 26.5 Å². The molecule has 0 aliphatic heterocycles. The van der Waals surface area contributed by atoms with Crippen LogP contribution in [0.5, 0.6) is 0 Å². The first-order chi connectivity index (χ1) is 11.8. The molecular weight excluding hydrogens is 300 g/mol. The van der Waals surface area contributed by atoms with Crippen LogP contribution in [0, 0.1) is 0 Å². The van der Waals surface area contributed by atoms with Gasteiger partial charge < -0.3 is 15.4 Å². The summed E-state index contributed by atoms with van der Waals surface area (Å²) in [4.78, 5) is 8.98. The highest BCUT2D eigenvalue weighted by Crippen LogP contribution is 2.07. The SMILES string of the molecule is CCNC(=NCc1cccc(COC)c1)NCCc1ccccn1. The van der Waals surface area contributed by atoms with Crippen molar-refractivity contribution in [1.29, 1.82) is 0 Å². The molecule has 0 radical (unpaired) electrons. The molecule has 0 aliphatic rings. The molecule has 24 heavy (non-hydrogen) atoms. The Balaban J connectivity index is 1.89. The van der Waals surface area contributed by atoms with Crippen LogP contribution in [0.25, 0.3) is 0 Å². The number of guanidine groups is 1. The first-order valence-electron chi connectivity index (χ1n) is 8.30. The Morgan fingerprint density at radius 2 is 2.00 bits per heavy atom. The summed E-state index contributed by atoms with van der Waals surface area (Å²) in [5.41, 5.74) is 3.41. The summed E-state index contributed by atoms with van der Waals surface area (Å²) in [7, 11) is 1.71. The molecule has 0 aliphatic carbocycles. The molecule has 128 valence electrons. The molecule has 2 aromatic rings. The summed E-state index contributed by atoms with van der Waals surface area (Å²) >= 11 is 0. The minimum atomic E-state index is 0.625. The monoisotopic (exact) mass is 326 g/mol. The van der Waals surface area contributed by atoms with E-state index in [1.165, 1.54) is 11.1 Å². The highest BCUT2D eigenvalue weighted by molar-refractivity contribution is 5.79. The standard InChI is InChI=1S/C19H26N4O/c1-3-20-19(22-12-10-18-9-4-5-11-21-18)23-14-16-7-6-8-17(13-16)15-24-2/h4-9,11,13H,3,10,12,14-15H2,1-2H3,(H2,20,22,23). The summed E-state index contributed by atoms with van der Waals surface area (Å²) < 4.78 is 5.18. The van der Waals surface area contributed by atoms with Crippen LogP contribution in [0.3, 0.4) is 0 Å². The van der Waals surface area contributed by atoms with Crippen LogP contribution >= 0.6 is 0 Å². The van der Waals surface area contributed by atoms with E-state index in [1.807, 2.05) is 30.5 Å². The first-order valence-corrected chi connectivity index (χ1v) is 8.30. The Morgan fingerprint density at radius 1 is 1.12 bits per heavy atom. The number of nitrogens with one attached hydrogen (secondary N) is 2. The number of pyridine rings is 1. The molecule has 0 fully saturated rings. The van der Waals surface area contributed by atoms with E-state index in [2.05, 4.69) is 45.7 Å². The lowest BCUT2D eigenvalue weighted by Crippen LogP contribution is -2.38. The van der Waals surface area contributed by atoms with Gasteiger partial charge in [0.2, 0.25) is 0 Å². The van der Waals surface area contributed by atoms with Gasteiger partial charge in [-0.1, -0.05) is 30.3 Å². The molecular formula is C19H26N4O. The number of aliphatic imine (C=N–C) groups is 1. The summed E-state index contributed by atoms with van der Waals surface area (Å²) in [6, 6.07) is 14.3. The molecule has 1 aromatic carbocycles. The Morgan fingerprint density at radius 3 is 2.75 bits per heavy atom. The van der Waals surface area contributed by atoms with Gasteiger partial charge in [-0.2, -0.15) is 0 Å². The van der Waals surface area contributed by atoms with Crippen molar-refractivity contribution in [3.63, 3.8) is 0 Å². The second-order valence-electron chi connectivity index (χ2n) is 5.45. The van der Waals surface area contributed by atoms with Crippen molar-refractivity contribution in [2.24, 2.45) is 4.99 Å². The third kappa shape index (κ3) is 6.38. The molecule has 0 bridgehead atoms. The van der Waals surface area contributed by atoms with Gasteiger partial charge in [-0.15, -0.1) is 0 Å². The zero-order valence-electron chi connectivity index (χ0n) is 14.5. The summed E-state index contributed by atoms with van der Waals surface area (Å²) in [6.45, 7) is 4.96. The molecule has 0 saturated heterocycles. The maximum atomic E-state index is 5.18. The van der Waals surface area contributed by atoms with Gasteiger partial charge in [0.25, 0.3) is 0 Å². The summed E-state index contributed by atoms with van der Waals surface area (Å²) in [5, 5.41) is 6.63. The lowest BCUT2D eigenvalue weighted by atomic mass is 10.1. The van der Waals surface area contributed by atoms with Gasteiger partial charge in [0.15, 0.2) is 5.96 Å². The van der Waals surface area contributed by atoms with Crippen molar-refractivity contribution >= 4 is 5.96 Å². The smallest absolute Gasteiger partial charge is 0.191 e. The molecule has 0 saturated carbocycles. The first kappa shape index (κ1) is 17.9. The van der Waals surface area contributed by atoms with Gasteiger partial charge in [0.1, 0.15) is 0 Å². The van der Waals surface area contributed by atoms with Crippen molar-refractivity contribution in [2.75, 3.05) is 20.2 Å². The summed E-state index contributed by atoms with van der Waals surface area (Å²) in [6.07, 6.45) is 2.69. The molecule has 2 N–H and O–H groups in total. The predicted octanol–water partition coefficient (Wildman–Crippen LogP) is 2.53. The lowest BCUT2D eigenvalue weighted by Gasteiger charge is -2.11. The van der Waals surface area contributed by atoms with Crippen LogP contribution in [0.1, 0.15) is 23.7 Å². The van der Waals surface area contributed by atoms with E-state index < -0.39 is 0 Å².